The van der Waals surface area contributed by atoms with Crippen LogP contribution in [0.5, 0.6) is 0 Å². The molecule has 0 spiro atoms. The van der Waals surface area contributed by atoms with Gasteiger partial charge in [-0.3, -0.25) is 9.59 Å². The van der Waals surface area contributed by atoms with Gasteiger partial charge in [0.05, 0.1) is 13.0 Å². The summed E-state index contributed by atoms with van der Waals surface area (Å²) in [4.78, 5) is 26.2. The van der Waals surface area contributed by atoms with Crippen molar-refractivity contribution in [2.45, 2.75) is 39.7 Å². The van der Waals surface area contributed by atoms with Crippen molar-refractivity contribution in [3.63, 3.8) is 0 Å². The van der Waals surface area contributed by atoms with Crippen molar-refractivity contribution in [3.05, 3.63) is 60.2 Å². The molecular weight excluding hydrogens is 324 g/mol. The second-order valence-electron chi connectivity index (χ2n) is 7.45. The highest BCUT2D eigenvalue weighted by atomic mass is 16.2. The third-order valence-corrected chi connectivity index (χ3v) is 4.00. The van der Waals surface area contributed by atoms with Crippen molar-refractivity contribution in [2.24, 2.45) is 0 Å². The number of amides is 2. The lowest BCUT2D eigenvalue weighted by Gasteiger charge is -2.25. The Hall–Kier alpha value is -2.62. The fourth-order valence-corrected chi connectivity index (χ4v) is 2.74. The molecule has 2 aromatic carbocycles. The second-order valence-corrected chi connectivity index (χ2v) is 7.45. The number of rotatable bonds is 6. The molecule has 0 radical (unpaired) electrons. The van der Waals surface area contributed by atoms with Gasteiger partial charge in [-0.2, -0.15) is 0 Å². The van der Waals surface area contributed by atoms with E-state index in [9.17, 15) is 9.59 Å². The number of nitrogens with one attached hydrogen (secondary N) is 1. The molecular formula is C22H28N2O2. The Balaban J connectivity index is 1.98. The van der Waals surface area contributed by atoms with Crippen LogP contribution in [0.15, 0.2) is 54.6 Å². The molecule has 2 rings (SSSR count). The van der Waals surface area contributed by atoms with Gasteiger partial charge in [-0.15, -0.1) is 0 Å². The first-order valence-corrected chi connectivity index (χ1v) is 9.01. The van der Waals surface area contributed by atoms with Crippen molar-refractivity contribution < 1.29 is 9.59 Å². The predicted molar refractivity (Wildman–Crippen MR) is 106 cm³/mol. The van der Waals surface area contributed by atoms with Crippen LogP contribution in [0.3, 0.4) is 0 Å². The first-order valence-electron chi connectivity index (χ1n) is 9.01. The standard InChI is InChI=1S/C22H28N2O2/c1-5-24(16-20(25)23-22(2,3)4)21(26)15-17-11-13-19(14-12-17)18-9-7-6-8-10-18/h6-14H,5,15-16H2,1-4H3,(H,23,25). The van der Waals surface area contributed by atoms with Gasteiger partial charge < -0.3 is 10.2 Å². The minimum absolute atomic E-state index is 0.0379. The van der Waals surface area contributed by atoms with E-state index in [1.807, 2.05) is 70.2 Å². The van der Waals surface area contributed by atoms with Crippen LogP contribution in [0.25, 0.3) is 11.1 Å². The van der Waals surface area contributed by atoms with Crippen molar-refractivity contribution in [2.75, 3.05) is 13.1 Å². The van der Waals surface area contributed by atoms with E-state index in [0.717, 1.165) is 16.7 Å². The molecule has 1 N–H and O–H groups in total. The number of hydrogen-bond donors (Lipinski definition) is 1. The molecule has 2 aromatic rings. The zero-order valence-corrected chi connectivity index (χ0v) is 16.1. The zero-order chi connectivity index (χ0) is 19.2. The van der Waals surface area contributed by atoms with Gasteiger partial charge in [-0.25, -0.2) is 0 Å². The van der Waals surface area contributed by atoms with Crippen LogP contribution in [0.2, 0.25) is 0 Å². The molecule has 0 aliphatic carbocycles. The molecule has 0 atom stereocenters. The second kappa shape index (κ2) is 8.65. The molecule has 0 aliphatic rings. The molecule has 2 amide bonds. The Morgan fingerprint density at radius 3 is 2.04 bits per heavy atom. The predicted octanol–water partition coefficient (Wildman–Crippen LogP) is 3.66. The van der Waals surface area contributed by atoms with Crippen molar-refractivity contribution in [1.82, 2.24) is 10.2 Å². The smallest absolute Gasteiger partial charge is 0.240 e. The van der Waals surface area contributed by atoms with Gasteiger partial charge in [0.25, 0.3) is 0 Å². The number of likely N-dealkylation sites (N-methyl/N-ethyl adjacent to an activating group) is 1. The fourth-order valence-electron chi connectivity index (χ4n) is 2.74. The van der Waals surface area contributed by atoms with E-state index in [0.29, 0.717) is 13.0 Å². The molecule has 0 fully saturated rings. The SMILES string of the molecule is CCN(CC(=O)NC(C)(C)C)C(=O)Cc1ccc(-c2ccccc2)cc1. The molecule has 0 saturated heterocycles. The molecule has 4 heteroatoms. The van der Waals surface area contributed by atoms with E-state index >= 15 is 0 Å². The van der Waals surface area contributed by atoms with Crippen molar-refractivity contribution in [3.8, 4) is 11.1 Å². The van der Waals surface area contributed by atoms with Gasteiger partial charge in [0.2, 0.25) is 11.8 Å². The van der Waals surface area contributed by atoms with Gasteiger partial charge in [-0.1, -0.05) is 54.6 Å². The summed E-state index contributed by atoms with van der Waals surface area (Å²) in [5, 5.41) is 2.90. The molecule has 0 bridgehead atoms. The first-order chi connectivity index (χ1) is 12.3. The van der Waals surface area contributed by atoms with E-state index in [2.05, 4.69) is 17.4 Å². The van der Waals surface area contributed by atoms with E-state index in [-0.39, 0.29) is 23.9 Å². The summed E-state index contributed by atoms with van der Waals surface area (Å²) in [6, 6.07) is 18.1. The van der Waals surface area contributed by atoms with E-state index in [1.165, 1.54) is 0 Å². The minimum atomic E-state index is -0.299. The van der Waals surface area contributed by atoms with Crippen LogP contribution in [0.4, 0.5) is 0 Å². The fraction of sp³-hybridized carbons (Fsp3) is 0.364. The number of benzene rings is 2. The Morgan fingerprint density at radius 2 is 1.50 bits per heavy atom. The van der Waals surface area contributed by atoms with Crippen LogP contribution in [-0.2, 0) is 16.0 Å². The Labute approximate surface area is 156 Å². The quantitative estimate of drug-likeness (QED) is 0.862. The lowest BCUT2D eigenvalue weighted by Crippen LogP contribution is -2.47. The summed E-state index contributed by atoms with van der Waals surface area (Å²) in [5.41, 5.74) is 2.93. The van der Waals surface area contributed by atoms with Gasteiger partial charge >= 0.3 is 0 Å². The topological polar surface area (TPSA) is 49.4 Å². The molecule has 26 heavy (non-hydrogen) atoms. The van der Waals surface area contributed by atoms with Crippen LogP contribution >= 0.6 is 0 Å². The highest BCUT2D eigenvalue weighted by Gasteiger charge is 2.19. The molecule has 4 nitrogen and oxygen atoms in total. The highest BCUT2D eigenvalue weighted by molar-refractivity contribution is 5.86. The van der Waals surface area contributed by atoms with E-state index in [4.69, 9.17) is 0 Å². The molecule has 0 aliphatic heterocycles. The zero-order valence-electron chi connectivity index (χ0n) is 16.1. The summed E-state index contributed by atoms with van der Waals surface area (Å²) in [5.74, 6) is -0.170. The van der Waals surface area contributed by atoms with E-state index < -0.39 is 0 Å². The normalized spacial score (nSPS) is 11.1. The summed E-state index contributed by atoms with van der Waals surface area (Å²) < 4.78 is 0. The average molecular weight is 352 g/mol. The molecule has 0 aromatic heterocycles. The summed E-state index contributed by atoms with van der Waals surface area (Å²) >= 11 is 0. The maximum absolute atomic E-state index is 12.5. The van der Waals surface area contributed by atoms with Crippen LogP contribution in [-0.4, -0.2) is 35.3 Å². The number of carbonyl (C=O) groups excluding carboxylic acids is 2. The first kappa shape index (κ1) is 19.7. The lowest BCUT2D eigenvalue weighted by atomic mass is 10.0. The van der Waals surface area contributed by atoms with Gasteiger partial charge in [0.15, 0.2) is 0 Å². The monoisotopic (exact) mass is 352 g/mol. The molecule has 0 unspecified atom stereocenters. The van der Waals surface area contributed by atoms with Crippen molar-refractivity contribution >= 4 is 11.8 Å². The number of hydrogen-bond acceptors (Lipinski definition) is 2. The molecule has 0 heterocycles. The Bertz CT molecular complexity index is 731. The summed E-state index contributed by atoms with van der Waals surface area (Å²) in [7, 11) is 0. The Kier molecular flexibility index (Phi) is 6.56. The number of nitrogens with zero attached hydrogens (tertiary/aromatic N) is 1. The number of carbonyl (C=O) groups is 2. The van der Waals surface area contributed by atoms with Gasteiger partial charge in [0, 0.05) is 12.1 Å². The van der Waals surface area contributed by atoms with Crippen molar-refractivity contribution in [1.29, 1.82) is 0 Å². The van der Waals surface area contributed by atoms with Crippen LogP contribution in [0.1, 0.15) is 33.3 Å². The van der Waals surface area contributed by atoms with Crippen LogP contribution < -0.4 is 5.32 Å². The third-order valence-electron chi connectivity index (χ3n) is 4.00. The van der Waals surface area contributed by atoms with Crippen LogP contribution in [0, 0.1) is 0 Å². The molecule has 0 saturated carbocycles. The Morgan fingerprint density at radius 1 is 0.923 bits per heavy atom. The largest absolute Gasteiger partial charge is 0.350 e. The summed E-state index contributed by atoms with van der Waals surface area (Å²) in [6.07, 6.45) is 0.297. The highest BCUT2D eigenvalue weighted by Crippen LogP contribution is 2.19. The van der Waals surface area contributed by atoms with Gasteiger partial charge in [-0.05, 0) is 44.4 Å². The average Bonchev–Trinajstić information content (AvgIpc) is 2.59. The third kappa shape index (κ3) is 6.03. The summed E-state index contributed by atoms with van der Waals surface area (Å²) in [6.45, 7) is 8.28. The lowest BCUT2D eigenvalue weighted by molar-refractivity contribution is -0.135. The molecule has 138 valence electrons. The maximum Gasteiger partial charge on any atom is 0.240 e. The minimum Gasteiger partial charge on any atom is -0.350 e. The van der Waals surface area contributed by atoms with Gasteiger partial charge in [0.1, 0.15) is 0 Å². The van der Waals surface area contributed by atoms with E-state index in [1.54, 1.807) is 4.90 Å². The maximum atomic E-state index is 12.5.